The highest BCUT2D eigenvalue weighted by Gasteiger charge is 2.51. The summed E-state index contributed by atoms with van der Waals surface area (Å²) < 4.78 is 12.2. The normalized spacial score (nSPS) is 25.8. The Kier molecular flexibility index (Phi) is 3.93. The number of anilines is 1. The van der Waals surface area contributed by atoms with Crippen LogP contribution in [0.2, 0.25) is 0 Å². The number of benzene rings is 1. The summed E-state index contributed by atoms with van der Waals surface area (Å²) in [5.74, 6) is -0.995. The second kappa shape index (κ2) is 5.53. The summed E-state index contributed by atoms with van der Waals surface area (Å²) >= 11 is 0. The molecule has 6 heteroatoms. The Morgan fingerprint density at radius 1 is 1.26 bits per heavy atom. The molecule has 1 N–H and O–H groups in total. The molecule has 0 spiro atoms. The van der Waals surface area contributed by atoms with E-state index in [9.17, 15) is 4.79 Å². The number of carboxylic acids is 1. The molecule has 0 bridgehead atoms. The highest BCUT2D eigenvalue weighted by Crippen LogP contribution is 2.36. The van der Waals surface area contributed by atoms with Crippen LogP contribution in [0.5, 0.6) is 0 Å². The molecule has 1 aromatic rings. The van der Waals surface area contributed by atoms with Gasteiger partial charge in [0, 0.05) is 18.8 Å². The lowest BCUT2D eigenvalue weighted by Crippen LogP contribution is -2.41. The van der Waals surface area contributed by atoms with Crippen LogP contribution < -0.4 is 10.4 Å². The third-order valence-corrected chi connectivity index (χ3v) is 5.30. The van der Waals surface area contributed by atoms with Gasteiger partial charge in [-0.15, -0.1) is 0 Å². The molecule has 2 aliphatic heterocycles. The Labute approximate surface area is 137 Å². The Morgan fingerprint density at radius 2 is 1.91 bits per heavy atom. The van der Waals surface area contributed by atoms with E-state index in [1.807, 2.05) is 52.0 Å². The third-order valence-electron chi connectivity index (χ3n) is 5.30. The van der Waals surface area contributed by atoms with Gasteiger partial charge in [0.05, 0.1) is 17.1 Å². The van der Waals surface area contributed by atoms with Gasteiger partial charge in [-0.2, -0.15) is 0 Å². The van der Waals surface area contributed by atoms with Gasteiger partial charge < -0.3 is 19.3 Å². The number of rotatable bonds is 3. The molecule has 23 heavy (non-hydrogen) atoms. The van der Waals surface area contributed by atoms with E-state index < -0.39 is 13.1 Å². The molecule has 0 aliphatic carbocycles. The van der Waals surface area contributed by atoms with Gasteiger partial charge in [0.2, 0.25) is 0 Å². The molecule has 2 saturated heterocycles. The second-order valence-electron chi connectivity index (χ2n) is 7.45. The first-order valence-corrected chi connectivity index (χ1v) is 8.13. The van der Waals surface area contributed by atoms with Crippen LogP contribution in [-0.4, -0.2) is 42.5 Å². The van der Waals surface area contributed by atoms with Crippen molar-refractivity contribution in [2.45, 2.75) is 45.3 Å². The fourth-order valence-corrected chi connectivity index (χ4v) is 3.04. The van der Waals surface area contributed by atoms with Gasteiger partial charge in [-0.1, -0.05) is 12.1 Å². The van der Waals surface area contributed by atoms with Crippen LogP contribution in [-0.2, 0) is 14.1 Å². The summed E-state index contributed by atoms with van der Waals surface area (Å²) in [6.45, 7) is 9.47. The highest BCUT2D eigenvalue weighted by molar-refractivity contribution is 6.62. The number of aliphatic carboxylic acids is 1. The van der Waals surface area contributed by atoms with Crippen molar-refractivity contribution in [2.24, 2.45) is 5.92 Å². The molecule has 3 rings (SSSR count). The summed E-state index contributed by atoms with van der Waals surface area (Å²) in [7, 11) is -0.391. The van der Waals surface area contributed by atoms with Crippen LogP contribution in [0.25, 0.3) is 0 Å². The van der Waals surface area contributed by atoms with E-state index >= 15 is 0 Å². The molecule has 1 atom stereocenters. The maximum absolute atomic E-state index is 11.1. The van der Waals surface area contributed by atoms with E-state index in [2.05, 4.69) is 4.90 Å². The van der Waals surface area contributed by atoms with Crippen molar-refractivity contribution >= 4 is 24.2 Å². The summed E-state index contributed by atoms with van der Waals surface area (Å²) in [5.41, 5.74) is 1.27. The third kappa shape index (κ3) is 2.97. The minimum atomic E-state index is -0.713. The Hall–Kier alpha value is -1.53. The molecule has 2 aliphatic rings. The average molecular weight is 317 g/mol. The largest absolute Gasteiger partial charge is 0.494 e. The van der Waals surface area contributed by atoms with Crippen LogP contribution in [0, 0.1) is 5.92 Å². The minimum Gasteiger partial charge on any atom is -0.481 e. The van der Waals surface area contributed by atoms with Crippen molar-refractivity contribution in [3.8, 4) is 0 Å². The van der Waals surface area contributed by atoms with Crippen molar-refractivity contribution in [3.63, 3.8) is 0 Å². The van der Waals surface area contributed by atoms with E-state index in [1.165, 1.54) is 0 Å². The molecular formula is C17H24BNO4. The molecule has 0 amide bonds. The molecule has 2 fully saturated rings. The summed E-state index contributed by atoms with van der Waals surface area (Å²) in [6, 6.07) is 8.03. The quantitative estimate of drug-likeness (QED) is 0.863. The van der Waals surface area contributed by atoms with E-state index in [0.717, 1.165) is 17.7 Å². The first kappa shape index (κ1) is 16.3. The SMILES string of the molecule is CC1(C)OB(c2cccc(N3CCC(C(=O)O)C3)c2)OC1(C)C. The molecule has 2 heterocycles. The van der Waals surface area contributed by atoms with Crippen LogP contribution in [0.1, 0.15) is 34.1 Å². The van der Waals surface area contributed by atoms with E-state index in [0.29, 0.717) is 13.0 Å². The van der Waals surface area contributed by atoms with Crippen LogP contribution in [0.3, 0.4) is 0 Å². The summed E-state index contributed by atoms with van der Waals surface area (Å²) in [4.78, 5) is 13.2. The Morgan fingerprint density at radius 3 is 2.48 bits per heavy atom. The van der Waals surface area contributed by atoms with Gasteiger partial charge in [0.25, 0.3) is 0 Å². The van der Waals surface area contributed by atoms with Gasteiger partial charge in [0.1, 0.15) is 0 Å². The first-order valence-electron chi connectivity index (χ1n) is 8.13. The molecular weight excluding hydrogens is 293 g/mol. The number of hydrogen-bond donors (Lipinski definition) is 1. The van der Waals surface area contributed by atoms with Crippen molar-refractivity contribution in [3.05, 3.63) is 24.3 Å². The lowest BCUT2D eigenvalue weighted by molar-refractivity contribution is -0.140. The maximum Gasteiger partial charge on any atom is 0.494 e. The fraction of sp³-hybridized carbons (Fsp3) is 0.588. The van der Waals surface area contributed by atoms with E-state index in [4.69, 9.17) is 14.4 Å². The van der Waals surface area contributed by atoms with E-state index in [1.54, 1.807) is 0 Å². The molecule has 1 unspecified atom stereocenters. The van der Waals surface area contributed by atoms with Crippen molar-refractivity contribution < 1.29 is 19.2 Å². The number of carboxylic acid groups (broad SMARTS) is 1. The minimum absolute atomic E-state index is 0.282. The lowest BCUT2D eigenvalue weighted by atomic mass is 9.79. The van der Waals surface area contributed by atoms with Crippen molar-refractivity contribution in [2.75, 3.05) is 18.0 Å². The van der Waals surface area contributed by atoms with Crippen LogP contribution >= 0.6 is 0 Å². The molecule has 0 aromatic heterocycles. The summed E-state index contributed by atoms with van der Waals surface area (Å²) in [5, 5.41) is 9.15. The maximum atomic E-state index is 11.1. The number of hydrogen-bond acceptors (Lipinski definition) is 4. The van der Waals surface area contributed by atoms with Gasteiger partial charge in [-0.25, -0.2) is 0 Å². The van der Waals surface area contributed by atoms with E-state index in [-0.39, 0.29) is 17.1 Å². The Bertz CT molecular complexity index is 600. The molecule has 1 aromatic carbocycles. The molecule has 5 nitrogen and oxygen atoms in total. The Balaban J connectivity index is 1.78. The molecule has 124 valence electrons. The zero-order chi connectivity index (χ0) is 16.8. The highest BCUT2D eigenvalue weighted by atomic mass is 16.7. The number of carbonyl (C=O) groups is 1. The van der Waals surface area contributed by atoms with Crippen molar-refractivity contribution in [1.82, 2.24) is 0 Å². The first-order chi connectivity index (χ1) is 10.7. The zero-order valence-electron chi connectivity index (χ0n) is 14.2. The van der Waals surface area contributed by atoms with Gasteiger partial charge >= 0.3 is 13.1 Å². The van der Waals surface area contributed by atoms with Crippen LogP contribution in [0.4, 0.5) is 5.69 Å². The van der Waals surface area contributed by atoms with Gasteiger partial charge in [-0.05, 0) is 51.7 Å². The molecule has 0 saturated carbocycles. The number of nitrogens with zero attached hydrogens (tertiary/aromatic N) is 1. The topological polar surface area (TPSA) is 59.0 Å². The predicted molar refractivity (Wildman–Crippen MR) is 90.1 cm³/mol. The smallest absolute Gasteiger partial charge is 0.481 e. The zero-order valence-corrected chi connectivity index (χ0v) is 14.2. The lowest BCUT2D eigenvalue weighted by Gasteiger charge is -2.32. The second-order valence-corrected chi connectivity index (χ2v) is 7.45. The summed E-state index contributed by atoms with van der Waals surface area (Å²) in [6.07, 6.45) is 0.691. The monoisotopic (exact) mass is 317 g/mol. The average Bonchev–Trinajstić information content (AvgIpc) is 3.03. The molecule has 0 radical (unpaired) electrons. The van der Waals surface area contributed by atoms with Crippen LogP contribution in [0.15, 0.2) is 24.3 Å². The van der Waals surface area contributed by atoms with Crippen molar-refractivity contribution in [1.29, 1.82) is 0 Å². The van der Waals surface area contributed by atoms with Gasteiger partial charge in [-0.3, -0.25) is 4.79 Å². The van der Waals surface area contributed by atoms with Gasteiger partial charge in [0.15, 0.2) is 0 Å². The predicted octanol–water partition coefficient (Wildman–Crippen LogP) is 1.90. The standard InChI is InChI=1S/C17H24BNO4/c1-16(2)17(3,4)23-18(22-16)13-6-5-7-14(10-13)19-9-8-12(11-19)15(20)21/h5-7,10,12H,8-9,11H2,1-4H3,(H,20,21). The fourth-order valence-electron chi connectivity index (χ4n) is 3.04.